The lowest BCUT2D eigenvalue weighted by molar-refractivity contribution is -0.139. The molecule has 7 nitrogen and oxygen atoms in total. The fourth-order valence-electron chi connectivity index (χ4n) is 5.14. The number of carbonyl (C=O) groups is 2. The summed E-state index contributed by atoms with van der Waals surface area (Å²) in [7, 11) is 0. The number of H-pyrrole nitrogens is 1. The highest BCUT2D eigenvalue weighted by molar-refractivity contribution is 5.98. The number of benzene rings is 1. The zero-order chi connectivity index (χ0) is 20.5. The van der Waals surface area contributed by atoms with E-state index in [0.717, 1.165) is 0 Å². The zero-order valence-corrected chi connectivity index (χ0v) is 16.3. The van der Waals surface area contributed by atoms with Gasteiger partial charge in [0.05, 0.1) is 30.6 Å². The number of para-hydroxylation sites is 1. The average Bonchev–Trinajstić information content (AvgIpc) is 3.31. The number of ether oxygens (including phenoxy) is 1. The first-order chi connectivity index (χ1) is 13.8. The van der Waals surface area contributed by atoms with Gasteiger partial charge in [0.1, 0.15) is 11.4 Å². The highest BCUT2D eigenvalue weighted by Crippen LogP contribution is 2.49. The number of hydrogen-bond acceptors (Lipinski definition) is 4. The molecule has 29 heavy (non-hydrogen) atoms. The summed E-state index contributed by atoms with van der Waals surface area (Å²) >= 11 is 0. The van der Waals surface area contributed by atoms with Crippen LogP contribution in [-0.2, 0) is 9.53 Å². The Morgan fingerprint density at radius 2 is 2.14 bits per heavy atom. The molecule has 0 bridgehead atoms. The molecule has 3 saturated heterocycles. The molecule has 0 aliphatic carbocycles. The number of rotatable bonds is 2. The minimum atomic E-state index is -0.794. The number of pyridine rings is 1. The Bertz CT molecular complexity index is 1100. The van der Waals surface area contributed by atoms with Gasteiger partial charge in [-0.05, 0) is 18.1 Å². The van der Waals surface area contributed by atoms with Crippen LogP contribution in [0.5, 0.6) is 0 Å². The molecule has 2 amide bonds. The Kier molecular flexibility index (Phi) is 3.87. The molecular weight excluding hydrogens is 377 g/mol. The van der Waals surface area contributed by atoms with Gasteiger partial charge in [-0.1, -0.05) is 19.9 Å². The van der Waals surface area contributed by atoms with Crippen LogP contribution < -0.4 is 5.43 Å². The van der Waals surface area contributed by atoms with Gasteiger partial charge in [-0.3, -0.25) is 14.4 Å². The molecule has 2 aromatic rings. The Morgan fingerprint density at radius 3 is 2.90 bits per heavy atom. The Hall–Kier alpha value is -2.74. The first-order valence-corrected chi connectivity index (χ1v) is 9.92. The van der Waals surface area contributed by atoms with Crippen molar-refractivity contribution < 1.29 is 18.7 Å². The maximum atomic E-state index is 13.9. The smallest absolute Gasteiger partial charge is 0.259 e. The van der Waals surface area contributed by atoms with E-state index in [1.54, 1.807) is 4.90 Å². The van der Waals surface area contributed by atoms with E-state index in [4.69, 9.17) is 4.74 Å². The molecular formula is C21H22FN3O4. The molecule has 1 spiro atoms. The molecule has 3 fully saturated rings. The zero-order valence-electron chi connectivity index (χ0n) is 16.3. The molecule has 152 valence electrons. The lowest BCUT2D eigenvalue weighted by Crippen LogP contribution is -2.51. The van der Waals surface area contributed by atoms with Crippen molar-refractivity contribution in [2.45, 2.75) is 44.5 Å². The van der Waals surface area contributed by atoms with Gasteiger partial charge < -0.3 is 19.5 Å². The summed E-state index contributed by atoms with van der Waals surface area (Å²) in [6.07, 6.45) is 1.98. The van der Waals surface area contributed by atoms with Crippen molar-refractivity contribution >= 4 is 22.7 Å². The van der Waals surface area contributed by atoms with Gasteiger partial charge in [0.15, 0.2) is 5.72 Å². The fraction of sp³-hybridized carbons (Fsp3) is 0.476. The summed E-state index contributed by atoms with van der Waals surface area (Å²) in [5.41, 5.74) is -1.28. The molecule has 3 aliphatic rings. The topological polar surface area (TPSA) is 82.7 Å². The number of halogens is 1. The second-order valence-electron chi connectivity index (χ2n) is 8.39. The highest BCUT2D eigenvalue weighted by Gasteiger charge is 2.65. The summed E-state index contributed by atoms with van der Waals surface area (Å²) in [5.74, 6) is -0.765. The molecule has 1 N–H and O–H groups in total. The first kappa shape index (κ1) is 18.3. The number of likely N-dealkylation sites (tertiary alicyclic amines) is 1. The molecule has 0 unspecified atom stereocenters. The number of carbonyl (C=O) groups excluding carboxylic acids is 2. The third-order valence-electron chi connectivity index (χ3n) is 6.61. The standard InChI is InChI=1S/C21H22FN3O4/c1-11(2)15-10-29-21-6-7-24(16(21)8-17(26)25(15)21)20(28)13-9-23-18-12(19(13)27)4-3-5-14(18)22/h3-5,9,11,15-16H,6-8,10H2,1-2H3,(H,23,27)/t15-,16+,21-/m0/s1. The van der Waals surface area contributed by atoms with E-state index in [2.05, 4.69) is 18.8 Å². The molecule has 1 aromatic carbocycles. The van der Waals surface area contributed by atoms with Gasteiger partial charge in [-0.15, -0.1) is 0 Å². The largest absolute Gasteiger partial charge is 0.358 e. The number of hydrogen-bond donors (Lipinski definition) is 1. The predicted octanol–water partition coefficient (Wildman–Crippen LogP) is 1.87. The fourth-order valence-corrected chi connectivity index (χ4v) is 5.14. The second-order valence-corrected chi connectivity index (χ2v) is 8.39. The van der Waals surface area contributed by atoms with E-state index in [-0.39, 0.29) is 40.8 Å². The molecule has 4 heterocycles. The van der Waals surface area contributed by atoms with E-state index < -0.39 is 28.9 Å². The van der Waals surface area contributed by atoms with Crippen LogP contribution in [0.15, 0.2) is 29.2 Å². The molecule has 3 atom stereocenters. The van der Waals surface area contributed by atoms with Crippen molar-refractivity contribution in [2.24, 2.45) is 5.92 Å². The second kappa shape index (κ2) is 6.13. The Morgan fingerprint density at radius 1 is 1.34 bits per heavy atom. The normalized spacial score (nSPS) is 28.5. The SMILES string of the molecule is CC(C)[C@@H]1CO[C@@]23CCN(C(=O)c4c[nH]c5c(F)cccc5c4=O)[C@@H]2CC(=O)N13. The van der Waals surface area contributed by atoms with Crippen LogP contribution >= 0.6 is 0 Å². The monoisotopic (exact) mass is 399 g/mol. The summed E-state index contributed by atoms with van der Waals surface area (Å²) < 4.78 is 20.1. The summed E-state index contributed by atoms with van der Waals surface area (Å²) in [5, 5.41) is 0.130. The summed E-state index contributed by atoms with van der Waals surface area (Å²) in [6.45, 7) is 4.97. The molecule has 1 aromatic heterocycles. The Balaban J connectivity index is 1.52. The lowest BCUT2D eigenvalue weighted by Gasteiger charge is -2.34. The van der Waals surface area contributed by atoms with Crippen molar-refractivity contribution in [3.05, 3.63) is 46.0 Å². The van der Waals surface area contributed by atoms with Gasteiger partial charge in [-0.2, -0.15) is 0 Å². The third kappa shape index (κ3) is 2.35. The average molecular weight is 399 g/mol. The number of fused-ring (bicyclic) bond motifs is 1. The highest BCUT2D eigenvalue weighted by atomic mass is 19.1. The van der Waals surface area contributed by atoms with Crippen LogP contribution in [0, 0.1) is 11.7 Å². The Labute approximate surface area is 166 Å². The molecule has 0 radical (unpaired) electrons. The molecule has 0 saturated carbocycles. The van der Waals surface area contributed by atoms with Gasteiger partial charge >= 0.3 is 0 Å². The van der Waals surface area contributed by atoms with Crippen molar-refractivity contribution in [2.75, 3.05) is 13.2 Å². The summed E-state index contributed by atoms with van der Waals surface area (Å²) in [4.78, 5) is 45.0. The van der Waals surface area contributed by atoms with E-state index in [1.165, 1.54) is 24.4 Å². The van der Waals surface area contributed by atoms with Crippen LogP contribution in [0.2, 0.25) is 0 Å². The summed E-state index contributed by atoms with van der Waals surface area (Å²) in [6, 6.07) is 3.76. The van der Waals surface area contributed by atoms with Crippen molar-refractivity contribution in [1.82, 2.24) is 14.8 Å². The predicted molar refractivity (Wildman–Crippen MR) is 103 cm³/mol. The number of aromatic nitrogens is 1. The van der Waals surface area contributed by atoms with Crippen LogP contribution in [0.4, 0.5) is 4.39 Å². The number of amides is 2. The number of nitrogens with one attached hydrogen (secondary N) is 1. The molecule has 8 heteroatoms. The van der Waals surface area contributed by atoms with E-state index in [1.807, 2.05) is 4.90 Å². The van der Waals surface area contributed by atoms with E-state index >= 15 is 0 Å². The van der Waals surface area contributed by atoms with Crippen molar-refractivity contribution in [3.63, 3.8) is 0 Å². The lowest BCUT2D eigenvalue weighted by atomic mass is 10.0. The van der Waals surface area contributed by atoms with Crippen molar-refractivity contribution in [1.29, 1.82) is 0 Å². The van der Waals surface area contributed by atoms with Crippen LogP contribution in [-0.4, -0.2) is 57.6 Å². The molecule has 5 rings (SSSR count). The van der Waals surface area contributed by atoms with Crippen LogP contribution in [0.3, 0.4) is 0 Å². The van der Waals surface area contributed by atoms with E-state index in [9.17, 15) is 18.8 Å². The van der Waals surface area contributed by atoms with Gasteiger partial charge in [0.25, 0.3) is 5.91 Å². The van der Waals surface area contributed by atoms with Gasteiger partial charge in [0, 0.05) is 24.5 Å². The first-order valence-electron chi connectivity index (χ1n) is 9.92. The van der Waals surface area contributed by atoms with Crippen LogP contribution in [0.1, 0.15) is 37.0 Å². The minimum Gasteiger partial charge on any atom is -0.358 e. The van der Waals surface area contributed by atoms with Gasteiger partial charge in [-0.25, -0.2) is 4.39 Å². The quantitative estimate of drug-likeness (QED) is 0.836. The van der Waals surface area contributed by atoms with Crippen molar-refractivity contribution in [3.8, 4) is 0 Å². The van der Waals surface area contributed by atoms with Gasteiger partial charge in [0.2, 0.25) is 11.3 Å². The molecule has 3 aliphatic heterocycles. The van der Waals surface area contributed by atoms with Crippen LogP contribution in [0.25, 0.3) is 10.9 Å². The van der Waals surface area contributed by atoms with E-state index in [0.29, 0.717) is 19.6 Å². The number of nitrogens with zero attached hydrogens (tertiary/aromatic N) is 2. The maximum absolute atomic E-state index is 13.9. The number of aromatic amines is 1. The maximum Gasteiger partial charge on any atom is 0.259 e. The third-order valence-corrected chi connectivity index (χ3v) is 6.61. The minimum absolute atomic E-state index is 0.00500.